The van der Waals surface area contributed by atoms with Crippen LogP contribution in [0.15, 0.2) is 42.5 Å². The van der Waals surface area contributed by atoms with Crippen molar-refractivity contribution in [2.75, 3.05) is 36.0 Å². The average molecular weight is 491 g/mol. The van der Waals surface area contributed by atoms with Crippen LogP contribution < -0.4 is 14.4 Å². The lowest BCUT2D eigenvalue weighted by Gasteiger charge is -2.22. The number of ether oxygens (including phenoxy) is 1. The highest BCUT2D eigenvalue weighted by Crippen LogP contribution is 2.28. The van der Waals surface area contributed by atoms with Crippen LogP contribution in [0.4, 0.5) is 5.69 Å². The number of thioether (sulfide) groups is 1. The van der Waals surface area contributed by atoms with Crippen molar-refractivity contribution in [3.63, 3.8) is 0 Å². The topological polar surface area (TPSA) is 75.7 Å². The molecule has 1 N–H and O–H groups in total. The summed E-state index contributed by atoms with van der Waals surface area (Å²) in [5, 5.41) is 3.96. The summed E-state index contributed by atoms with van der Waals surface area (Å²) in [6, 6.07) is 12.0. The Morgan fingerprint density at radius 1 is 1.17 bits per heavy atom. The van der Waals surface area contributed by atoms with Crippen molar-refractivity contribution in [3.8, 4) is 5.75 Å². The molecule has 0 spiro atoms. The predicted octanol–water partition coefficient (Wildman–Crippen LogP) is 4.21. The van der Waals surface area contributed by atoms with E-state index in [1.165, 1.54) is 0 Å². The van der Waals surface area contributed by atoms with E-state index in [0.717, 1.165) is 16.1 Å². The van der Waals surface area contributed by atoms with Gasteiger partial charge in [0.25, 0.3) is 0 Å². The summed E-state index contributed by atoms with van der Waals surface area (Å²) < 4.78 is 30.9. The first-order valence-corrected chi connectivity index (χ1v) is 13.0. The van der Waals surface area contributed by atoms with E-state index in [2.05, 4.69) is 5.32 Å². The van der Waals surface area contributed by atoms with E-state index in [4.69, 9.17) is 27.9 Å². The largest absolute Gasteiger partial charge is 0.494 e. The van der Waals surface area contributed by atoms with Gasteiger partial charge < -0.3 is 10.1 Å². The maximum Gasteiger partial charge on any atom is 0.240 e. The third kappa shape index (κ3) is 7.58. The second-order valence-corrected chi connectivity index (χ2v) is 10.1. The van der Waals surface area contributed by atoms with E-state index < -0.39 is 15.9 Å². The number of nitrogens with one attached hydrogen (secondary N) is 1. The van der Waals surface area contributed by atoms with E-state index in [1.54, 1.807) is 54.2 Å². The molecule has 0 radical (unpaired) electrons. The fourth-order valence-corrected chi connectivity index (χ4v) is 5.03. The lowest BCUT2D eigenvalue weighted by atomic mass is 10.2. The number of carbonyl (C=O) groups is 1. The van der Waals surface area contributed by atoms with Gasteiger partial charge in [-0.1, -0.05) is 35.3 Å². The molecular formula is C20H24Cl2N2O4S2. The van der Waals surface area contributed by atoms with Gasteiger partial charge in [-0.25, -0.2) is 8.42 Å². The zero-order chi connectivity index (χ0) is 22.1. The van der Waals surface area contributed by atoms with Crippen molar-refractivity contribution in [3.05, 3.63) is 58.1 Å². The number of rotatable bonds is 11. The SMILES string of the molecule is CCOc1cccc(N(CC(=O)NCCSCc2c(Cl)cccc2Cl)S(C)(=O)=O)c1. The first-order chi connectivity index (χ1) is 14.2. The molecule has 10 heteroatoms. The molecule has 0 atom stereocenters. The van der Waals surface area contributed by atoms with Gasteiger partial charge in [-0.2, -0.15) is 11.8 Å². The Morgan fingerprint density at radius 2 is 1.83 bits per heavy atom. The molecule has 6 nitrogen and oxygen atoms in total. The monoisotopic (exact) mass is 490 g/mol. The summed E-state index contributed by atoms with van der Waals surface area (Å²) in [7, 11) is -3.64. The second-order valence-electron chi connectivity index (χ2n) is 6.30. The normalized spacial score (nSPS) is 11.2. The minimum atomic E-state index is -3.64. The lowest BCUT2D eigenvalue weighted by Crippen LogP contribution is -2.41. The first-order valence-electron chi connectivity index (χ1n) is 9.20. The van der Waals surface area contributed by atoms with Gasteiger partial charge in [0.1, 0.15) is 12.3 Å². The van der Waals surface area contributed by atoms with E-state index in [0.29, 0.717) is 46.1 Å². The Kier molecular flexibility index (Phi) is 9.61. The molecule has 0 bridgehead atoms. The van der Waals surface area contributed by atoms with Gasteiger partial charge in [-0.3, -0.25) is 9.10 Å². The Hall–Kier alpha value is -1.61. The first kappa shape index (κ1) is 24.7. The molecule has 0 fully saturated rings. The van der Waals surface area contributed by atoms with Gasteiger partial charge in [0.05, 0.1) is 18.6 Å². The van der Waals surface area contributed by atoms with Gasteiger partial charge in [0.2, 0.25) is 15.9 Å². The van der Waals surface area contributed by atoms with Gasteiger partial charge in [-0.15, -0.1) is 0 Å². The number of nitrogens with zero attached hydrogens (tertiary/aromatic N) is 1. The van der Waals surface area contributed by atoms with Crippen molar-refractivity contribution >= 4 is 56.6 Å². The summed E-state index contributed by atoms with van der Waals surface area (Å²) in [6.45, 7) is 2.38. The van der Waals surface area contributed by atoms with E-state index in [1.807, 2.05) is 6.92 Å². The third-order valence-corrected chi connectivity index (χ3v) is 6.82. The van der Waals surface area contributed by atoms with E-state index >= 15 is 0 Å². The molecular weight excluding hydrogens is 467 g/mol. The number of benzene rings is 2. The number of anilines is 1. The molecule has 1 amide bonds. The van der Waals surface area contributed by atoms with Crippen LogP contribution >= 0.6 is 35.0 Å². The maximum absolute atomic E-state index is 12.3. The summed E-state index contributed by atoms with van der Waals surface area (Å²) in [5.41, 5.74) is 1.23. The van der Waals surface area contributed by atoms with Crippen LogP contribution in [0.2, 0.25) is 10.0 Å². The van der Waals surface area contributed by atoms with Gasteiger partial charge in [0.15, 0.2) is 0 Å². The Bertz CT molecular complexity index is 951. The van der Waals surface area contributed by atoms with Crippen molar-refractivity contribution in [2.45, 2.75) is 12.7 Å². The van der Waals surface area contributed by atoms with Gasteiger partial charge >= 0.3 is 0 Å². The number of hydrogen-bond donors (Lipinski definition) is 1. The molecule has 0 saturated carbocycles. The zero-order valence-corrected chi connectivity index (χ0v) is 19.9. The summed E-state index contributed by atoms with van der Waals surface area (Å²) in [5.74, 6) is 1.40. The van der Waals surface area contributed by atoms with Crippen molar-refractivity contribution < 1.29 is 17.9 Å². The van der Waals surface area contributed by atoms with Gasteiger partial charge in [-0.05, 0) is 36.8 Å². The molecule has 30 heavy (non-hydrogen) atoms. The van der Waals surface area contributed by atoms with Crippen molar-refractivity contribution in [1.82, 2.24) is 5.32 Å². The second kappa shape index (κ2) is 11.7. The molecule has 0 aliphatic carbocycles. The zero-order valence-electron chi connectivity index (χ0n) is 16.7. The summed E-state index contributed by atoms with van der Waals surface area (Å²) in [6.07, 6.45) is 1.07. The molecule has 2 aromatic rings. The van der Waals surface area contributed by atoms with Crippen LogP contribution in [0.25, 0.3) is 0 Å². The molecule has 0 unspecified atom stereocenters. The lowest BCUT2D eigenvalue weighted by molar-refractivity contribution is -0.119. The quantitative estimate of drug-likeness (QED) is 0.477. The standard InChI is InChI=1S/C20H24Cl2N2O4S2/c1-3-28-16-7-4-6-15(12-16)24(30(2,26)27)13-20(25)23-10-11-29-14-17-18(21)8-5-9-19(17)22/h4-9,12H,3,10-11,13-14H2,1-2H3,(H,23,25). The number of halogens is 2. The highest BCUT2D eigenvalue weighted by atomic mass is 35.5. The Morgan fingerprint density at radius 3 is 2.47 bits per heavy atom. The summed E-state index contributed by atoms with van der Waals surface area (Å²) in [4.78, 5) is 12.3. The molecule has 164 valence electrons. The molecule has 0 heterocycles. The minimum Gasteiger partial charge on any atom is -0.494 e. The fourth-order valence-electron chi connectivity index (χ4n) is 2.59. The number of hydrogen-bond acceptors (Lipinski definition) is 5. The van der Waals surface area contributed by atoms with Crippen molar-refractivity contribution in [1.29, 1.82) is 0 Å². The van der Waals surface area contributed by atoms with Crippen molar-refractivity contribution in [2.24, 2.45) is 0 Å². The highest BCUT2D eigenvalue weighted by Gasteiger charge is 2.21. The molecule has 2 rings (SSSR count). The minimum absolute atomic E-state index is 0.310. The van der Waals surface area contributed by atoms with Crippen LogP contribution in [0.1, 0.15) is 12.5 Å². The van der Waals surface area contributed by atoms with Crippen LogP contribution in [-0.2, 0) is 20.6 Å². The Balaban J connectivity index is 1.88. The van der Waals surface area contributed by atoms with Gasteiger partial charge in [0, 0.05) is 34.2 Å². The van der Waals surface area contributed by atoms with E-state index in [9.17, 15) is 13.2 Å². The van der Waals surface area contributed by atoms with Crippen LogP contribution in [-0.4, -0.2) is 46.0 Å². The third-order valence-electron chi connectivity index (χ3n) is 3.98. The van der Waals surface area contributed by atoms with Crippen LogP contribution in [0.3, 0.4) is 0 Å². The molecule has 2 aromatic carbocycles. The van der Waals surface area contributed by atoms with E-state index in [-0.39, 0.29) is 6.54 Å². The fraction of sp³-hybridized carbons (Fsp3) is 0.350. The number of sulfonamides is 1. The van der Waals surface area contributed by atoms with Crippen LogP contribution in [0.5, 0.6) is 5.75 Å². The molecule has 0 saturated heterocycles. The predicted molar refractivity (Wildman–Crippen MR) is 125 cm³/mol. The highest BCUT2D eigenvalue weighted by molar-refractivity contribution is 7.98. The number of amides is 1. The summed E-state index contributed by atoms with van der Waals surface area (Å²) >= 11 is 13.9. The maximum atomic E-state index is 12.3. The molecule has 0 aliphatic heterocycles. The average Bonchev–Trinajstić information content (AvgIpc) is 2.67. The van der Waals surface area contributed by atoms with Crippen LogP contribution in [0, 0.1) is 0 Å². The number of carbonyl (C=O) groups excluding carboxylic acids is 1. The smallest absolute Gasteiger partial charge is 0.240 e. The Labute approximate surface area is 191 Å². The molecule has 0 aliphatic rings. The molecule has 0 aromatic heterocycles.